The molecule has 1 aromatic heterocycles. The van der Waals surface area contributed by atoms with E-state index in [0.717, 1.165) is 5.56 Å². The van der Waals surface area contributed by atoms with Crippen molar-refractivity contribution >= 4 is 17.7 Å². The minimum absolute atomic E-state index is 0.0249. The third-order valence-electron chi connectivity index (χ3n) is 2.76. The van der Waals surface area contributed by atoms with Crippen LogP contribution in [0.15, 0.2) is 34.9 Å². The molecule has 6 nitrogen and oxygen atoms in total. The number of nitrogen functional groups attached to an aromatic ring is 1. The molecular formula is C15H16N2O4. The van der Waals surface area contributed by atoms with Crippen molar-refractivity contribution in [3.63, 3.8) is 0 Å². The maximum Gasteiger partial charge on any atom is 0.362 e. The summed E-state index contributed by atoms with van der Waals surface area (Å²) in [5.74, 6) is -0.293. The van der Waals surface area contributed by atoms with Gasteiger partial charge >= 0.3 is 5.97 Å². The predicted molar refractivity (Wildman–Crippen MR) is 78.4 cm³/mol. The molecule has 0 fully saturated rings. The molecule has 1 heterocycles. The minimum atomic E-state index is -0.610. The largest absolute Gasteiger partial charge is 0.461 e. The van der Waals surface area contributed by atoms with E-state index in [1.54, 1.807) is 25.1 Å². The SMILES string of the molecule is CCOC(=O)c1noc(-c2cccc(C=CCO)c2)c1N. The van der Waals surface area contributed by atoms with E-state index in [-0.39, 0.29) is 24.6 Å². The van der Waals surface area contributed by atoms with Crippen LogP contribution in [-0.4, -0.2) is 29.4 Å². The van der Waals surface area contributed by atoms with Gasteiger partial charge in [0.1, 0.15) is 5.69 Å². The number of aliphatic hydroxyl groups is 1. The van der Waals surface area contributed by atoms with Gasteiger partial charge in [-0.2, -0.15) is 0 Å². The van der Waals surface area contributed by atoms with Crippen molar-refractivity contribution in [2.45, 2.75) is 6.92 Å². The third-order valence-corrected chi connectivity index (χ3v) is 2.76. The summed E-state index contributed by atoms with van der Waals surface area (Å²) in [6.07, 6.45) is 3.38. The molecule has 0 aliphatic rings. The van der Waals surface area contributed by atoms with Crippen LogP contribution in [-0.2, 0) is 4.74 Å². The van der Waals surface area contributed by atoms with Gasteiger partial charge in [0.15, 0.2) is 5.76 Å². The molecule has 0 aliphatic heterocycles. The quantitative estimate of drug-likeness (QED) is 0.817. The number of hydrogen-bond donors (Lipinski definition) is 2. The molecule has 0 saturated carbocycles. The Hall–Kier alpha value is -2.60. The Balaban J connectivity index is 2.35. The zero-order valence-corrected chi connectivity index (χ0v) is 11.6. The number of benzene rings is 1. The van der Waals surface area contributed by atoms with Crippen molar-refractivity contribution in [3.8, 4) is 11.3 Å². The van der Waals surface area contributed by atoms with Gasteiger partial charge in [0, 0.05) is 5.56 Å². The van der Waals surface area contributed by atoms with Crippen molar-refractivity contribution in [2.24, 2.45) is 0 Å². The number of hydrogen-bond acceptors (Lipinski definition) is 6. The maximum atomic E-state index is 11.7. The highest BCUT2D eigenvalue weighted by atomic mass is 16.5. The lowest BCUT2D eigenvalue weighted by atomic mass is 10.1. The van der Waals surface area contributed by atoms with E-state index in [1.165, 1.54) is 0 Å². The summed E-state index contributed by atoms with van der Waals surface area (Å²) in [5.41, 5.74) is 7.59. The monoisotopic (exact) mass is 288 g/mol. The first-order valence-corrected chi connectivity index (χ1v) is 6.47. The Labute approximate surface area is 121 Å². The molecule has 0 amide bonds. The zero-order chi connectivity index (χ0) is 15.2. The van der Waals surface area contributed by atoms with Crippen LogP contribution in [0, 0.1) is 0 Å². The fraction of sp³-hybridized carbons (Fsp3) is 0.200. The van der Waals surface area contributed by atoms with Crippen molar-refractivity contribution < 1.29 is 19.2 Å². The number of aliphatic hydroxyl groups excluding tert-OH is 1. The van der Waals surface area contributed by atoms with E-state index < -0.39 is 5.97 Å². The first-order valence-electron chi connectivity index (χ1n) is 6.47. The highest BCUT2D eigenvalue weighted by Crippen LogP contribution is 2.29. The molecule has 0 spiro atoms. The average Bonchev–Trinajstić information content (AvgIpc) is 2.87. The molecule has 1 aromatic carbocycles. The molecule has 2 rings (SSSR count). The number of esters is 1. The Morgan fingerprint density at radius 3 is 3.05 bits per heavy atom. The van der Waals surface area contributed by atoms with E-state index in [9.17, 15) is 4.79 Å². The molecule has 110 valence electrons. The molecule has 3 N–H and O–H groups in total. The summed E-state index contributed by atoms with van der Waals surface area (Å²) >= 11 is 0. The van der Waals surface area contributed by atoms with E-state index in [4.69, 9.17) is 20.1 Å². The highest BCUT2D eigenvalue weighted by molar-refractivity contribution is 5.96. The summed E-state index contributed by atoms with van der Waals surface area (Å²) in [6, 6.07) is 7.30. The summed E-state index contributed by atoms with van der Waals surface area (Å²) in [4.78, 5) is 11.7. The summed E-state index contributed by atoms with van der Waals surface area (Å²) in [7, 11) is 0. The van der Waals surface area contributed by atoms with E-state index in [1.807, 2.05) is 18.2 Å². The zero-order valence-electron chi connectivity index (χ0n) is 11.6. The van der Waals surface area contributed by atoms with E-state index >= 15 is 0 Å². The number of carbonyl (C=O) groups excluding carboxylic acids is 1. The Morgan fingerprint density at radius 2 is 2.33 bits per heavy atom. The first-order chi connectivity index (χ1) is 10.2. The van der Waals surface area contributed by atoms with Gasteiger partial charge in [0.2, 0.25) is 5.69 Å². The van der Waals surface area contributed by atoms with E-state index in [2.05, 4.69) is 5.16 Å². The number of rotatable bonds is 5. The fourth-order valence-electron chi connectivity index (χ4n) is 1.82. The van der Waals surface area contributed by atoms with Crippen LogP contribution in [0.25, 0.3) is 17.4 Å². The van der Waals surface area contributed by atoms with Crippen LogP contribution >= 0.6 is 0 Å². The average molecular weight is 288 g/mol. The lowest BCUT2D eigenvalue weighted by Crippen LogP contribution is -2.07. The number of anilines is 1. The third kappa shape index (κ3) is 3.29. The Bertz CT molecular complexity index is 661. The van der Waals surface area contributed by atoms with Gasteiger partial charge in [-0.05, 0) is 18.6 Å². The molecule has 0 aliphatic carbocycles. The molecule has 6 heteroatoms. The smallest absolute Gasteiger partial charge is 0.362 e. The number of ether oxygens (including phenoxy) is 1. The van der Waals surface area contributed by atoms with Gasteiger partial charge < -0.3 is 20.1 Å². The molecule has 0 saturated heterocycles. The van der Waals surface area contributed by atoms with Crippen LogP contribution in [0.3, 0.4) is 0 Å². The molecular weight excluding hydrogens is 272 g/mol. The lowest BCUT2D eigenvalue weighted by Gasteiger charge is -2.00. The van der Waals surface area contributed by atoms with E-state index in [0.29, 0.717) is 11.3 Å². The van der Waals surface area contributed by atoms with Crippen molar-refractivity contribution in [2.75, 3.05) is 18.9 Å². The Morgan fingerprint density at radius 1 is 1.52 bits per heavy atom. The number of aromatic nitrogens is 1. The first kappa shape index (κ1) is 14.8. The molecule has 0 radical (unpaired) electrons. The fourth-order valence-corrected chi connectivity index (χ4v) is 1.82. The summed E-state index contributed by atoms with van der Waals surface area (Å²) in [6.45, 7) is 1.90. The second kappa shape index (κ2) is 6.71. The van der Waals surface area contributed by atoms with Gasteiger partial charge in [-0.3, -0.25) is 0 Å². The number of nitrogens with two attached hydrogens (primary N) is 1. The number of nitrogens with zero attached hydrogens (tertiary/aromatic N) is 1. The number of carbonyl (C=O) groups is 1. The van der Waals surface area contributed by atoms with Crippen molar-refractivity contribution in [1.82, 2.24) is 5.16 Å². The molecule has 2 aromatic rings. The maximum absolute atomic E-state index is 11.7. The predicted octanol–water partition coefficient (Wildman–Crippen LogP) is 2.11. The highest BCUT2D eigenvalue weighted by Gasteiger charge is 2.21. The van der Waals surface area contributed by atoms with Gasteiger partial charge in [-0.15, -0.1) is 0 Å². The Kier molecular flexibility index (Phi) is 4.73. The van der Waals surface area contributed by atoms with Gasteiger partial charge in [-0.1, -0.05) is 35.5 Å². The summed E-state index contributed by atoms with van der Waals surface area (Å²) in [5, 5.41) is 12.5. The normalized spacial score (nSPS) is 11.0. The topological polar surface area (TPSA) is 98.6 Å². The molecule has 0 bridgehead atoms. The van der Waals surface area contributed by atoms with Crippen molar-refractivity contribution in [1.29, 1.82) is 0 Å². The van der Waals surface area contributed by atoms with Crippen LogP contribution in [0.1, 0.15) is 23.0 Å². The lowest BCUT2D eigenvalue weighted by molar-refractivity contribution is 0.0516. The molecule has 0 unspecified atom stereocenters. The molecule has 21 heavy (non-hydrogen) atoms. The van der Waals surface area contributed by atoms with Crippen LogP contribution < -0.4 is 5.73 Å². The van der Waals surface area contributed by atoms with Crippen molar-refractivity contribution in [3.05, 3.63) is 41.6 Å². The van der Waals surface area contributed by atoms with Gasteiger partial charge in [-0.25, -0.2) is 4.79 Å². The molecule has 0 atom stereocenters. The van der Waals surface area contributed by atoms with Crippen LogP contribution in [0.5, 0.6) is 0 Å². The second-order valence-corrected chi connectivity index (χ2v) is 4.20. The van der Waals surface area contributed by atoms with Crippen LogP contribution in [0.2, 0.25) is 0 Å². The minimum Gasteiger partial charge on any atom is -0.461 e. The van der Waals surface area contributed by atoms with Gasteiger partial charge in [0.25, 0.3) is 0 Å². The summed E-state index contributed by atoms with van der Waals surface area (Å²) < 4.78 is 10.0. The standard InChI is InChI=1S/C15H16N2O4/c1-2-20-15(19)13-12(16)14(21-17-13)11-7-3-5-10(9-11)6-4-8-18/h3-7,9,18H,2,8,16H2,1H3. The van der Waals surface area contributed by atoms with Crippen LogP contribution in [0.4, 0.5) is 5.69 Å². The van der Waals surface area contributed by atoms with Gasteiger partial charge in [0.05, 0.1) is 13.2 Å². The second-order valence-electron chi connectivity index (χ2n) is 4.20.